The lowest BCUT2D eigenvalue weighted by Gasteiger charge is -2.13. The molecule has 1 heterocycles. The van der Waals surface area contributed by atoms with Gasteiger partial charge in [-0.05, 0) is 42.2 Å². The van der Waals surface area contributed by atoms with Crippen molar-refractivity contribution in [1.82, 2.24) is 4.98 Å². The molecule has 0 fully saturated rings. The monoisotopic (exact) mass is 367 g/mol. The molecule has 0 N–H and O–H groups in total. The average Bonchev–Trinajstić information content (AvgIpc) is 2.71. The summed E-state index contributed by atoms with van der Waals surface area (Å²) < 4.78 is 5.90. The Labute approximate surface area is 166 Å². The Morgan fingerprint density at radius 3 is 2.15 bits per heavy atom. The Balaban J connectivity index is 1.74. The molecule has 148 valence electrons. The van der Waals surface area contributed by atoms with E-state index in [-0.39, 0.29) is 0 Å². The molecule has 2 aromatic rings. The van der Waals surface area contributed by atoms with Crippen LogP contribution in [-0.2, 0) is 6.42 Å². The Hall–Kier alpha value is -1.83. The fourth-order valence-corrected chi connectivity index (χ4v) is 3.40. The maximum atomic E-state index is 5.90. The Morgan fingerprint density at radius 1 is 0.815 bits per heavy atom. The highest BCUT2D eigenvalue weighted by molar-refractivity contribution is 5.33. The second-order valence-corrected chi connectivity index (χ2v) is 7.60. The van der Waals surface area contributed by atoms with Crippen LogP contribution in [0, 0.1) is 0 Å². The number of hydrogen-bond donors (Lipinski definition) is 0. The lowest BCUT2D eigenvalue weighted by Crippen LogP contribution is -2.01. The highest BCUT2D eigenvalue weighted by Crippen LogP contribution is 2.25. The van der Waals surface area contributed by atoms with Gasteiger partial charge >= 0.3 is 0 Å². The minimum absolute atomic E-state index is 0.304. The number of pyridine rings is 1. The number of hydrogen-bond acceptors (Lipinski definition) is 2. The van der Waals surface area contributed by atoms with Gasteiger partial charge in [-0.15, -0.1) is 0 Å². The van der Waals surface area contributed by atoms with Gasteiger partial charge < -0.3 is 4.74 Å². The van der Waals surface area contributed by atoms with E-state index in [1.54, 1.807) is 0 Å². The van der Waals surface area contributed by atoms with Crippen molar-refractivity contribution >= 4 is 0 Å². The zero-order valence-electron chi connectivity index (χ0n) is 17.5. The van der Waals surface area contributed by atoms with Crippen LogP contribution in [-0.4, -0.2) is 11.6 Å². The summed E-state index contributed by atoms with van der Waals surface area (Å²) in [5.74, 6) is 1.28. The minimum Gasteiger partial charge on any atom is -0.494 e. The third-order valence-electron chi connectivity index (χ3n) is 5.23. The lowest BCUT2D eigenvalue weighted by molar-refractivity contribution is 0.304. The number of unbranched alkanes of at least 4 members (excludes halogenated alkanes) is 6. The first-order chi connectivity index (χ1) is 13.2. The highest BCUT2D eigenvalue weighted by Gasteiger charge is 2.10. The fraction of sp³-hybridized carbons (Fsp3) is 0.560. The van der Waals surface area contributed by atoms with Gasteiger partial charge in [-0.1, -0.05) is 83.9 Å². The van der Waals surface area contributed by atoms with E-state index in [9.17, 15) is 0 Å². The predicted molar refractivity (Wildman–Crippen MR) is 116 cm³/mol. The first kappa shape index (κ1) is 21.5. The molecule has 2 heteroatoms. The van der Waals surface area contributed by atoms with Crippen molar-refractivity contribution < 1.29 is 4.74 Å². The topological polar surface area (TPSA) is 22.1 Å². The number of benzene rings is 1. The second-order valence-electron chi connectivity index (χ2n) is 7.60. The summed E-state index contributed by atoms with van der Waals surface area (Å²) in [5.41, 5.74) is 3.74. The van der Waals surface area contributed by atoms with E-state index in [0.29, 0.717) is 5.92 Å². The summed E-state index contributed by atoms with van der Waals surface area (Å²) in [7, 11) is 0. The molecule has 0 spiro atoms. The zero-order valence-corrected chi connectivity index (χ0v) is 17.5. The Bertz CT molecular complexity index is 618. The van der Waals surface area contributed by atoms with Gasteiger partial charge in [-0.2, -0.15) is 0 Å². The molecule has 0 saturated carbocycles. The standard InChI is InChI=1S/C25H37NO/c1-4-6-7-8-9-10-11-19-27-24-16-14-23(15-17-24)21(3)25-18-13-22(12-5-2)20-26-25/h13-18,20-21H,4-12,19H2,1-3H3. The van der Waals surface area contributed by atoms with Gasteiger partial charge in [0, 0.05) is 17.8 Å². The van der Waals surface area contributed by atoms with E-state index >= 15 is 0 Å². The van der Waals surface area contributed by atoms with Gasteiger partial charge in [-0.3, -0.25) is 4.98 Å². The van der Waals surface area contributed by atoms with E-state index < -0.39 is 0 Å². The quantitative estimate of drug-likeness (QED) is 0.346. The molecule has 0 aliphatic carbocycles. The van der Waals surface area contributed by atoms with Gasteiger partial charge in [0.2, 0.25) is 0 Å². The van der Waals surface area contributed by atoms with Gasteiger partial charge in [0.15, 0.2) is 0 Å². The fourth-order valence-electron chi connectivity index (χ4n) is 3.40. The summed E-state index contributed by atoms with van der Waals surface area (Å²) in [5, 5.41) is 0. The van der Waals surface area contributed by atoms with Gasteiger partial charge in [0.1, 0.15) is 5.75 Å². The van der Waals surface area contributed by atoms with Crippen LogP contribution in [0.2, 0.25) is 0 Å². The van der Waals surface area contributed by atoms with Crippen LogP contribution in [0.5, 0.6) is 5.75 Å². The second kappa shape index (κ2) is 12.5. The smallest absolute Gasteiger partial charge is 0.119 e. The van der Waals surface area contributed by atoms with E-state index in [0.717, 1.165) is 37.3 Å². The number of aryl methyl sites for hydroxylation is 1. The van der Waals surface area contributed by atoms with E-state index in [2.05, 4.69) is 62.2 Å². The summed E-state index contributed by atoms with van der Waals surface area (Å²) in [6.07, 6.45) is 13.5. The Morgan fingerprint density at radius 2 is 1.52 bits per heavy atom. The van der Waals surface area contributed by atoms with Crippen molar-refractivity contribution in [3.8, 4) is 5.75 Å². The Kier molecular flexibility index (Phi) is 9.97. The van der Waals surface area contributed by atoms with Crippen LogP contribution < -0.4 is 4.74 Å². The van der Waals surface area contributed by atoms with Crippen LogP contribution >= 0.6 is 0 Å². The molecule has 0 bridgehead atoms. The SMILES string of the molecule is CCCCCCCCCOc1ccc(C(C)c2ccc(CCC)cn2)cc1. The van der Waals surface area contributed by atoms with Crippen LogP contribution in [0.25, 0.3) is 0 Å². The molecule has 0 saturated heterocycles. The van der Waals surface area contributed by atoms with Gasteiger partial charge in [0.25, 0.3) is 0 Å². The average molecular weight is 368 g/mol. The summed E-state index contributed by atoms with van der Waals surface area (Å²) in [6.45, 7) is 7.51. The third-order valence-corrected chi connectivity index (χ3v) is 5.23. The van der Waals surface area contributed by atoms with Crippen molar-refractivity contribution in [1.29, 1.82) is 0 Å². The van der Waals surface area contributed by atoms with Crippen LogP contribution in [0.4, 0.5) is 0 Å². The van der Waals surface area contributed by atoms with Crippen LogP contribution in [0.3, 0.4) is 0 Å². The normalized spacial score (nSPS) is 12.1. The molecule has 1 aromatic carbocycles. The molecule has 1 unspecified atom stereocenters. The molecule has 27 heavy (non-hydrogen) atoms. The zero-order chi connectivity index (χ0) is 19.3. The molecule has 0 aliphatic rings. The third kappa shape index (κ3) is 7.74. The number of aromatic nitrogens is 1. The van der Waals surface area contributed by atoms with Crippen molar-refractivity contribution in [2.24, 2.45) is 0 Å². The summed E-state index contributed by atoms with van der Waals surface area (Å²) >= 11 is 0. The number of nitrogens with zero attached hydrogens (tertiary/aromatic N) is 1. The molecule has 1 aromatic heterocycles. The van der Waals surface area contributed by atoms with Crippen molar-refractivity contribution in [3.05, 3.63) is 59.4 Å². The molecule has 2 nitrogen and oxygen atoms in total. The largest absolute Gasteiger partial charge is 0.494 e. The maximum absolute atomic E-state index is 5.90. The molecule has 0 aliphatic heterocycles. The molecule has 2 rings (SSSR count). The number of ether oxygens (including phenoxy) is 1. The van der Waals surface area contributed by atoms with Gasteiger partial charge in [0.05, 0.1) is 6.61 Å². The molecule has 0 radical (unpaired) electrons. The summed E-state index contributed by atoms with van der Waals surface area (Å²) in [4.78, 5) is 4.66. The number of rotatable bonds is 13. The van der Waals surface area contributed by atoms with Crippen LogP contribution in [0.15, 0.2) is 42.6 Å². The molecular formula is C25H37NO. The van der Waals surface area contributed by atoms with E-state index in [1.807, 2.05) is 6.20 Å². The summed E-state index contributed by atoms with van der Waals surface area (Å²) in [6, 6.07) is 12.9. The maximum Gasteiger partial charge on any atom is 0.119 e. The van der Waals surface area contributed by atoms with Crippen molar-refractivity contribution in [3.63, 3.8) is 0 Å². The first-order valence-corrected chi connectivity index (χ1v) is 10.9. The van der Waals surface area contributed by atoms with E-state index in [1.165, 1.54) is 49.7 Å². The lowest BCUT2D eigenvalue weighted by atomic mass is 9.96. The molecule has 0 amide bonds. The highest BCUT2D eigenvalue weighted by atomic mass is 16.5. The molecular weight excluding hydrogens is 330 g/mol. The predicted octanol–water partition coefficient (Wildman–Crippen LogP) is 7.32. The van der Waals surface area contributed by atoms with Crippen molar-refractivity contribution in [2.45, 2.75) is 84.5 Å². The van der Waals surface area contributed by atoms with Gasteiger partial charge in [-0.25, -0.2) is 0 Å². The minimum atomic E-state index is 0.304. The van der Waals surface area contributed by atoms with Crippen molar-refractivity contribution in [2.75, 3.05) is 6.61 Å². The van der Waals surface area contributed by atoms with E-state index in [4.69, 9.17) is 4.74 Å². The molecule has 1 atom stereocenters. The first-order valence-electron chi connectivity index (χ1n) is 10.9. The van der Waals surface area contributed by atoms with Crippen LogP contribution in [0.1, 0.15) is 94.9 Å².